The fourth-order valence-electron chi connectivity index (χ4n) is 3.82. The van der Waals surface area contributed by atoms with Crippen molar-refractivity contribution in [2.75, 3.05) is 33.0 Å². The molecular weight excluding hydrogens is 336 g/mol. The normalized spacial score (nSPS) is 16.4. The van der Waals surface area contributed by atoms with Crippen LogP contribution in [0.25, 0.3) is 0 Å². The van der Waals surface area contributed by atoms with E-state index in [1.807, 2.05) is 0 Å². The largest absolute Gasteiger partial charge is 0.396 e. The van der Waals surface area contributed by atoms with Crippen LogP contribution in [0.1, 0.15) is 99.3 Å². The maximum atomic E-state index is 9.33. The molecule has 0 aliphatic heterocycles. The maximum Gasteiger partial charge on any atom is 0.0519 e. The van der Waals surface area contributed by atoms with Crippen molar-refractivity contribution in [3.8, 4) is 0 Å². The van der Waals surface area contributed by atoms with Gasteiger partial charge < -0.3 is 14.6 Å². The van der Waals surface area contributed by atoms with Gasteiger partial charge in [-0.25, -0.2) is 0 Å². The van der Waals surface area contributed by atoms with Gasteiger partial charge in [0.25, 0.3) is 0 Å². The third-order valence-electron chi connectivity index (χ3n) is 6.68. The smallest absolute Gasteiger partial charge is 0.0519 e. The Morgan fingerprint density at radius 3 is 2.07 bits per heavy atom. The SMILES string of the molecule is CCC(CC)CCCOCCCC(C)(CC)COCCC(CC)C(C)CO. The highest BCUT2D eigenvalue weighted by Gasteiger charge is 2.22. The van der Waals surface area contributed by atoms with Crippen molar-refractivity contribution in [3.05, 3.63) is 0 Å². The molecule has 0 saturated heterocycles. The second-order valence-electron chi connectivity index (χ2n) is 8.87. The molecule has 0 fully saturated rings. The van der Waals surface area contributed by atoms with E-state index in [0.717, 1.165) is 58.0 Å². The van der Waals surface area contributed by atoms with Crippen LogP contribution in [0.4, 0.5) is 0 Å². The third-order valence-corrected chi connectivity index (χ3v) is 6.68. The fourth-order valence-corrected chi connectivity index (χ4v) is 3.82. The maximum absolute atomic E-state index is 9.33. The van der Waals surface area contributed by atoms with E-state index < -0.39 is 0 Å². The number of hydrogen-bond donors (Lipinski definition) is 1. The van der Waals surface area contributed by atoms with Crippen LogP contribution in [0, 0.1) is 23.2 Å². The molecule has 3 unspecified atom stereocenters. The zero-order chi connectivity index (χ0) is 20.5. The molecule has 0 aromatic rings. The summed E-state index contributed by atoms with van der Waals surface area (Å²) in [5.41, 5.74) is 0.253. The Hall–Kier alpha value is -0.120. The van der Waals surface area contributed by atoms with Crippen LogP contribution in [0.3, 0.4) is 0 Å². The van der Waals surface area contributed by atoms with Gasteiger partial charge in [-0.2, -0.15) is 0 Å². The number of ether oxygens (including phenoxy) is 2. The van der Waals surface area contributed by atoms with E-state index in [0.29, 0.717) is 11.8 Å². The highest BCUT2D eigenvalue weighted by Crippen LogP contribution is 2.28. The highest BCUT2D eigenvalue weighted by atomic mass is 16.5. The Bertz CT molecular complexity index is 317. The van der Waals surface area contributed by atoms with Crippen LogP contribution in [-0.4, -0.2) is 38.1 Å². The van der Waals surface area contributed by atoms with Crippen LogP contribution in [0.2, 0.25) is 0 Å². The van der Waals surface area contributed by atoms with Gasteiger partial charge in [0, 0.05) is 26.4 Å². The molecule has 0 rings (SSSR count). The second-order valence-corrected chi connectivity index (χ2v) is 8.87. The Morgan fingerprint density at radius 1 is 0.852 bits per heavy atom. The lowest BCUT2D eigenvalue weighted by Gasteiger charge is -2.29. The van der Waals surface area contributed by atoms with Crippen molar-refractivity contribution in [1.29, 1.82) is 0 Å². The van der Waals surface area contributed by atoms with Gasteiger partial charge in [-0.3, -0.25) is 0 Å². The molecule has 1 N–H and O–H groups in total. The first-order valence-corrected chi connectivity index (χ1v) is 11.7. The van der Waals surface area contributed by atoms with Crippen LogP contribution in [0.5, 0.6) is 0 Å². The molecule has 0 saturated carbocycles. The minimum absolute atomic E-state index is 0.253. The molecule has 3 atom stereocenters. The summed E-state index contributed by atoms with van der Waals surface area (Å²) < 4.78 is 11.9. The van der Waals surface area contributed by atoms with Crippen LogP contribution < -0.4 is 0 Å². The van der Waals surface area contributed by atoms with E-state index in [1.165, 1.54) is 32.1 Å². The summed E-state index contributed by atoms with van der Waals surface area (Å²) in [5.74, 6) is 1.82. The molecule has 3 heteroatoms. The Morgan fingerprint density at radius 2 is 1.52 bits per heavy atom. The number of aliphatic hydroxyl groups is 1. The first kappa shape index (κ1) is 26.9. The van der Waals surface area contributed by atoms with Gasteiger partial charge in [0.15, 0.2) is 0 Å². The molecule has 0 aromatic heterocycles. The summed E-state index contributed by atoms with van der Waals surface area (Å²) in [7, 11) is 0. The molecule has 0 aliphatic rings. The zero-order valence-corrected chi connectivity index (χ0v) is 19.4. The molecule has 0 aromatic carbocycles. The van der Waals surface area contributed by atoms with Crippen molar-refractivity contribution >= 4 is 0 Å². The molecule has 0 radical (unpaired) electrons. The predicted octanol–water partition coefficient (Wildman–Crippen LogP) is 6.48. The first-order chi connectivity index (χ1) is 13.0. The summed E-state index contributed by atoms with van der Waals surface area (Å²) >= 11 is 0. The van der Waals surface area contributed by atoms with Crippen molar-refractivity contribution in [3.63, 3.8) is 0 Å². The van der Waals surface area contributed by atoms with E-state index in [-0.39, 0.29) is 12.0 Å². The molecule has 27 heavy (non-hydrogen) atoms. The van der Waals surface area contributed by atoms with Crippen molar-refractivity contribution < 1.29 is 14.6 Å². The molecule has 0 spiro atoms. The van der Waals surface area contributed by atoms with Crippen LogP contribution in [-0.2, 0) is 9.47 Å². The molecule has 0 amide bonds. The molecule has 0 heterocycles. The molecule has 0 aliphatic carbocycles. The highest BCUT2D eigenvalue weighted by molar-refractivity contribution is 4.72. The quantitative estimate of drug-likeness (QED) is 0.258. The van der Waals surface area contributed by atoms with Crippen molar-refractivity contribution in [1.82, 2.24) is 0 Å². The minimum Gasteiger partial charge on any atom is -0.396 e. The monoisotopic (exact) mass is 386 g/mol. The van der Waals surface area contributed by atoms with Gasteiger partial charge in [-0.15, -0.1) is 0 Å². The van der Waals surface area contributed by atoms with Crippen LogP contribution >= 0.6 is 0 Å². The summed E-state index contributed by atoms with van der Waals surface area (Å²) in [4.78, 5) is 0. The summed E-state index contributed by atoms with van der Waals surface area (Å²) in [6.07, 6.45) is 10.7. The van der Waals surface area contributed by atoms with Gasteiger partial charge in [0.05, 0.1) is 6.61 Å². The van der Waals surface area contributed by atoms with E-state index in [2.05, 4.69) is 41.5 Å². The molecular formula is C24H50O3. The lowest BCUT2D eigenvalue weighted by atomic mass is 9.83. The average molecular weight is 387 g/mol. The van der Waals surface area contributed by atoms with Gasteiger partial charge in [0.1, 0.15) is 0 Å². The van der Waals surface area contributed by atoms with Gasteiger partial charge in [-0.05, 0) is 61.7 Å². The van der Waals surface area contributed by atoms with Crippen LogP contribution in [0.15, 0.2) is 0 Å². The second kappa shape index (κ2) is 16.8. The summed E-state index contributed by atoms with van der Waals surface area (Å²) in [5, 5.41) is 9.33. The standard InChI is InChI=1S/C24H50O3/c1-7-22(8-2)13-11-16-26-17-12-15-24(6,10-4)20-27-18-14-23(9-3)21(5)19-25/h21-23,25H,7-20H2,1-6H3. The zero-order valence-electron chi connectivity index (χ0n) is 19.4. The van der Waals surface area contributed by atoms with E-state index in [9.17, 15) is 5.11 Å². The number of hydrogen-bond acceptors (Lipinski definition) is 3. The summed E-state index contributed by atoms with van der Waals surface area (Å²) in [6.45, 7) is 17.2. The lowest BCUT2D eigenvalue weighted by Crippen LogP contribution is -2.24. The van der Waals surface area contributed by atoms with E-state index in [4.69, 9.17) is 9.47 Å². The van der Waals surface area contributed by atoms with E-state index >= 15 is 0 Å². The molecule has 164 valence electrons. The lowest BCUT2D eigenvalue weighted by molar-refractivity contribution is 0.0259. The first-order valence-electron chi connectivity index (χ1n) is 11.7. The van der Waals surface area contributed by atoms with Gasteiger partial charge >= 0.3 is 0 Å². The average Bonchev–Trinajstić information content (AvgIpc) is 2.69. The fraction of sp³-hybridized carbons (Fsp3) is 1.00. The predicted molar refractivity (Wildman–Crippen MR) is 117 cm³/mol. The van der Waals surface area contributed by atoms with Gasteiger partial charge in [0.2, 0.25) is 0 Å². The van der Waals surface area contributed by atoms with Crippen molar-refractivity contribution in [2.24, 2.45) is 23.2 Å². The number of rotatable bonds is 19. The van der Waals surface area contributed by atoms with Crippen molar-refractivity contribution in [2.45, 2.75) is 99.3 Å². The Balaban J connectivity index is 3.86. The molecule has 3 nitrogen and oxygen atoms in total. The molecule has 0 bridgehead atoms. The number of aliphatic hydroxyl groups excluding tert-OH is 1. The Labute approximate surface area is 170 Å². The topological polar surface area (TPSA) is 38.7 Å². The van der Waals surface area contributed by atoms with E-state index in [1.54, 1.807) is 0 Å². The van der Waals surface area contributed by atoms with Gasteiger partial charge in [-0.1, -0.05) is 60.8 Å². The minimum atomic E-state index is 0.253. The Kier molecular flexibility index (Phi) is 16.7. The third kappa shape index (κ3) is 12.9. The summed E-state index contributed by atoms with van der Waals surface area (Å²) in [6, 6.07) is 0.